The first-order chi connectivity index (χ1) is 9.70. The lowest BCUT2D eigenvalue weighted by Gasteiger charge is -2.32. The molecule has 0 aliphatic heterocycles. The van der Waals surface area contributed by atoms with Gasteiger partial charge in [-0.3, -0.25) is 4.79 Å². The lowest BCUT2D eigenvalue weighted by molar-refractivity contribution is -0.127. The van der Waals surface area contributed by atoms with Gasteiger partial charge >= 0.3 is 0 Å². The van der Waals surface area contributed by atoms with Crippen molar-refractivity contribution >= 4 is 5.91 Å². The van der Waals surface area contributed by atoms with Crippen molar-refractivity contribution < 1.29 is 9.53 Å². The second-order valence-corrected chi connectivity index (χ2v) is 5.17. The van der Waals surface area contributed by atoms with Crippen molar-refractivity contribution in [3.05, 3.63) is 5.82 Å². The molecule has 0 spiro atoms. The maximum absolute atomic E-state index is 12.1. The molecule has 1 heterocycles. The van der Waals surface area contributed by atoms with Gasteiger partial charge in [0.1, 0.15) is 0 Å². The van der Waals surface area contributed by atoms with E-state index in [0.29, 0.717) is 25.2 Å². The fraction of sp³-hybridized carbons (Fsp3) is 0.833. The number of hydrogen-bond donors (Lipinski definition) is 3. The van der Waals surface area contributed by atoms with E-state index in [1.807, 2.05) is 0 Å². The molecule has 1 aliphatic rings. The normalized spacial score (nSPS) is 26.4. The SMILES string of the molecule is CO[C@@H]1C[C@@H](C(=O)NCCCc2nn[nH]n2)CC[C@H]1N. The molecular formula is C12H22N6O2. The first kappa shape index (κ1) is 14.9. The second-order valence-electron chi connectivity index (χ2n) is 5.17. The number of tetrazole rings is 1. The minimum Gasteiger partial charge on any atom is -0.380 e. The number of aryl methyl sites for hydroxylation is 1. The maximum atomic E-state index is 12.1. The van der Waals surface area contributed by atoms with Gasteiger partial charge in [0, 0.05) is 32.0 Å². The van der Waals surface area contributed by atoms with E-state index in [2.05, 4.69) is 25.9 Å². The van der Waals surface area contributed by atoms with Crippen molar-refractivity contribution in [2.24, 2.45) is 11.7 Å². The molecule has 8 nitrogen and oxygen atoms in total. The van der Waals surface area contributed by atoms with Gasteiger partial charge in [0.05, 0.1) is 6.10 Å². The molecule has 1 aromatic rings. The third-order valence-corrected chi connectivity index (χ3v) is 3.78. The van der Waals surface area contributed by atoms with Crippen LogP contribution in [0.15, 0.2) is 0 Å². The first-order valence-electron chi connectivity index (χ1n) is 6.99. The highest BCUT2D eigenvalue weighted by molar-refractivity contribution is 5.78. The molecular weight excluding hydrogens is 260 g/mol. The molecule has 1 fully saturated rings. The monoisotopic (exact) mass is 282 g/mol. The standard InChI is InChI=1S/C12H22N6O2/c1-20-10-7-8(4-5-9(10)13)12(19)14-6-2-3-11-15-17-18-16-11/h8-10H,2-7,13H2,1H3,(H,14,19)(H,15,16,17,18)/t8-,9+,10+/m0/s1. The van der Waals surface area contributed by atoms with E-state index in [4.69, 9.17) is 10.5 Å². The molecule has 1 aromatic heterocycles. The highest BCUT2D eigenvalue weighted by atomic mass is 16.5. The van der Waals surface area contributed by atoms with E-state index in [1.165, 1.54) is 0 Å². The van der Waals surface area contributed by atoms with Crippen LogP contribution in [0.2, 0.25) is 0 Å². The average Bonchev–Trinajstić information content (AvgIpc) is 2.97. The van der Waals surface area contributed by atoms with E-state index >= 15 is 0 Å². The summed E-state index contributed by atoms with van der Waals surface area (Å²) in [7, 11) is 1.65. The summed E-state index contributed by atoms with van der Waals surface area (Å²) in [5.74, 6) is 0.763. The summed E-state index contributed by atoms with van der Waals surface area (Å²) < 4.78 is 5.33. The van der Waals surface area contributed by atoms with E-state index in [0.717, 1.165) is 19.3 Å². The molecule has 0 unspecified atom stereocenters. The van der Waals surface area contributed by atoms with Gasteiger partial charge in [-0.05, 0) is 25.7 Å². The van der Waals surface area contributed by atoms with Crippen LogP contribution in [0.25, 0.3) is 0 Å². The van der Waals surface area contributed by atoms with Crippen molar-refractivity contribution in [3.8, 4) is 0 Å². The van der Waals surface area contributed by atoms with Crippen molar-refractivity contribution in [2.45, 2.75) is 44.2 Å². The van der Waals surface area contributed by atoms with Gasteiger partial charge in [-0.15, -0.1) is 10.2 Å². The number of nitrogens with two attached hydrogens (primary N) is 1. The molecule has 0 radical (unpaired) electrons. The predicted octanol–water partition coefficient (Wildman–Crippen LogP) is -0.609. The van der Waals surface area contributed by atoms with E-state index in [-0.39, 0.29) is 24.0 Å². The Morgan fingerprint density at radius 3 is 3.10 bits per heavy atom. The molecule has 8 heteroatoms. The van der Waals surface area contributed by atoms with Gasteiger partial charge in [0.25, 0.3) is 0 Å². The molecule has 20 heavy (non-hydrogen) atoms. The molecule has 0 aromatic carbocycles. The van der Waals surface area contributed by atoms with Crippen LogP contribution >= 0.6 is 0 Å². The van der Waals surface area contributed by atoms with E-state index in [1.54, 1.807) is 7.11 Å². The van der Waals surface area contributed by atoms with Crippen LogP contribution in [0.1, 0.15) is 31.5 Å². The van der Waals surface area contributed by atoms with Crippen molar-refractivity contribution in [3.63, 3.8) is 0 Å². The molecule has 4 N–H and O–H groups in total. The first-order valence-corrected chi connectivity index (χ1v) is 6.99. The number of hydrogen-bond acceptors (Lipinski definition) is 6. The number of rotatable bonds is 6. The maximum Gasteiger partial charge on any atom is 0.223 e. The van der Waals surface area contributed by atoms with Gasteiger partial charge in [0.15, 0.2) is 5.82 Å². The Kier molecular flexibility index (Phi) is 5.42. The van der Waals surface area contributed by atoms with Crippen molar-refractivity contribution in [2.75, 3.05) is 13.7 Å². The summed E-state index contributed by atoms with van der Waals surface area (Å²) in [4.78, 5) is 12.1. The zero-order valence-corrected chi connectivity index (χ0v) is 11.7. The number of carbonyl (C=O) groups excluding carboxylic acids is 1. The minimum atomic E-state index is -0.0150. The lowest BCUT2D eigenvalue weighted by Crippen LogP contribution is -2.45. The number of aromatic amines is 1. The molecule has 2 rings (SSSR count). The van der Waals surface area contributed by atoms with Gasteiger partial charge < -0.3 is 15.8 Å². The molecule has 3 atom stereocenters. The zero-order chi connectivity index (χ0) is 14.4. The average molecular weight is 282 g/mol. The molecule has 1 aliphatic carbocycles. The van der Waals surface area contributed by atoms with Crippen molar-refractivity contribution in [1.82, 2.24) is 25.9 Å². The molecule has 112 valence electrons. The van der Waals surface area contributed by atoms with Crippen LogP contribution in [0.4, 0.5) is 0 Å². The Labute approximate surface area is 117 Å². The molecule has 1 amide bonds. The van der Waals surface area contributed by atoms with E-state index in [9.17, 15) is 4.79 Å². The summed E-state index contributed by atoms with van der Waals surface area (Å²) in [6.45, 7) is 0.619. The van der Waals surface area contributed by atoms with Crippen LogP contribution in [0.5, 0.6) is 0 Å². The molecule has 0 bridgehead atoms. The summed E-state index contributed by atoms with van der Waals surface area (Å²) >= 11 is 0. The number of carbonyl (C=O) groups is 1. The number of aromatic nitrogens is 4. The zero-order valence-electron chi connectivity index (χ0n) is 11.7. The Balaban J connectivity index is 1.66. The number of nitrogens with zero attached hydrogens (tertiary/aromatic N) is 3. The summed E-state index contributed by atoms with van der Waals surface area (Å²) in [6.07, 6.45) is 3.85. The van der Waals surface area contributed by atoms with Crippen LogP contribution in [-0.2, 0) is 16.0 Å². The minimum absolute atomic E-state index is 0.00456. The quantitative estimate of drug-likeness (QED) is 0.599. The smallest absolute Gasteiger partial charge is 0.223 e. The Morgan fingerprint density at radius 2 is 2.40 bits per heavy atom. The van der Waals surface area contributed by atoms with E-state index < -0.39 is 0 Å². The highest BCUT2D eigenvalue weighted by Crippen LogP contribution is 2.25. The fourth-order valence-corrected chi connectivity index (χ4v) is 2.55. The van der Waals surface area contributed by atoms with Crippen LogP contribution < -0.4 is 11.1 Å². The largest absolute Gasteiger partial charge is 0.380 e. The fourth-order valence-electron chi connectivity index (χ4n) is 2.55. The number of H-pyrrole nitrogens is 1. The highest BCUT2D eigenvalue weighted by Gasteiger charge is 2.31. The summed E-state index contributed by atoms with van der Waals surface area (Å²) in [5.41, 5.74) is 5.95. The summed E-state index contributed by atoms with van der Waals surface area (Å²) in [5, 5.41) is 16.6. The Bertz CT molecular complexity index is 410. The Hall–Kier alpha value is -1.54. The third kappa shape index (κ3) is 3.97. The van der Waals surface area contributed by atoms with Crippen LogP contribution in [-0.4, -0.2) is 52.3 Å². The van der Waals surface area contributed by atoms with Gasteiger partial charge in [0.2, 0.25) is 5.91 Å². The molecule has 1 saturated carbocycles. The van der Waals surface area contributed by atoms with Crippen LogP contribution in [0.3, 0.4) is 0 Å². The van der Waals surface area contributed by atoms with Gasteiger partial charge in [-0.25, -0.2) is 0 Å². The summed E-state index contributed by atoms with van der Waals surface area (Å²) in [6, 6.07) is 0.0438. The number of methoxy groups -OCH3 is 1. The van der Waals surface area contributed by atoms with Crippen molar-refractivity contribution in [1.29, 1.82) is 0 Å². The van der Waals surface area contributed by atoms with Crippen LogP contribution in [0, 0.1) is 5.92 Å². The van der Waals surface area contributed by atoms with Gasteiger partial charge in [-0.2, -0.15) is 5.21 Å². The lowest BCUT2D eigenvalue weighted by atomic mass is 9.83. The predicted molar refractivity (Wildman–Crippen MR) is 71.6 cm³/mol. The number of ether oxygens (including phenoxy) is 1. The topological polar surface area (TPSA) is 119 Å². The van der Waals surface area contributed by atoms with Gasteiger partial charge in [-0.1, -0.05) is 5.21 Å². The second kappa shape index (κ2) is 7.30. The molecule has 0 saturated heterocycles. The number of nitrogens with one attached hydrogen (secondary N) is 2. The Morgan fingerprint density at radius 1 is 1.55 bits per heavy atom. The third-order valence-electron chi connectivity index (χ3n) is 3.78. The number of amides is 1.